The van der Waals surface area contributed by atoms with E-state index in [0.29, 0.717) is 5.33 Å². The smallest absolute Gasteiger partial charge is 0.0233 e. The maximum Gasteiger partial charge on any atom is 0.0233 e. The fourth-order valence-corrected chi connectivity index (χ4v) is 0. The van der Waals surface area contributed by atoms with E-state index < -0.39 is 6.85 Å². The van der Waals surface area contributed by atoms with Gasteiger partial charge in [-0.3, -0.25) is 0 Å². The molecule has 0 nitrogen and oxygen atoms in total. The van der Waals surface area contributed by atoms with Gasteiger partial charge in [-0.1, -0.05) is 29.7 Å². The Labute approximate surface area is 45.9 Å². The largest absolute Gasteiger partial charge is 0.0925 e. The molecule has 0 unspecified atom stereocenters. The Kier molecular flexibility index (Phi) is 1.06. The van der Waals surface area contributed by atoms with Gasteiger partial charge in [0.15, 0.2) is 0 Å². The molecule has 0 aromatic heterocycles. The van der Waals surface area contributed by atoms with Gasteiger partial charge in [-0.25, -0.2) is 0 Å². The van der Waals surface area contributed by atoms with Crippen molar-refractivity contribution in [3.8, 4) is 0 Å². The minimum absolute atomic E-state index is 0.234. The molecular formula is C4H9Br. The van der Waals surface area contributed by atoms with Crippen molar-refractivity contribution in [2.24, 2.45) is 5.92 Å². The van der Waals surface area contributed by atoms with Crippen molar-refractivity contribution in [2.75, 3.05) is 5.33 Å². The van der Waals surface area contributed by atoms with Crippen molar-refractivity contribution < 1.29 is 4.11 Å². The molecule has 0 spiro atoms. The zero-order valence-electron chi connectivity index (χ0n) is 6.16. The van der Waals surface area contributed by atoms with E-state index in [1.165, 1.54) is 0 Å². The van der Waals surface area contributed by atoms with Gasteiger partial charge in [0.1, 0.15) is 0 Å². The van der Waals surface area contributed by atoms with Crippen LogP contribution in [0.2, 0.25) is 0 Å². The summed E-state index contributed by atoms with van der Waals surface area (Å²) in [4.78, 5) is 0. The summed E-state index contributed by atoms with van der Waals surface area (Å²) in [5.74, 6) is -0.234. The van der Waals surface area contributed by atoms with E-state index in [1.54, 1.807) is 6.92 Å². The maximum atomic E-state index is 6.84. The summed E-state index contributed by atoms with van der Waals surface area (Å²) in [7, 11) is 0. The van der Waals surface area contributed by atoms with Crippen LogP contribution in [-0.2, 0) is 0 Å². The lowest BCUT2D eigenvalue weighted by Crippen LogP contribution is -1.82. The second-order valence-electron chi connectivity index (χ2n) is 1.06. The molecule has 0 bridgehead atoms. The average molecular weight is 140 g/mol. The highest BCUT2D eigenvalue weighted by molar-refractivity contribution is 9.09. The van der Waals surface area contributed by atoms with Crippen LogP contribution in [0.4, 0.5) is 0 Å². The third kappa shape index (κ3) is 4.48. The fourth-order valence-electron chi connectivity index (χ4n) is 0. The van der Waals surface area contributed by atoms with Gasteiger partial charge in [0.2, 0.25) is 0 Å². The molecule has 0 heterocycles. The highest BCUT2D eigenvalue weighted by Gasteiger charge is 1.81. The lowest BCUT2D eigenvalue weighted by Gasteiger charge is -1.88. The third-order valence-electron chi connectivity index (χ3n) is 0.231. The van der Waals surface area contributed by atoms with Crippen LogP contribution in [0.5, 0.6) is 0 Å². The lowest BCUT2D eigenvalue weighted by molar-refractivity contribution is 0.756. The van der Waals surface area contributed by atoms with Crippen molar-refractivity contribution in [1.82, 2.24) is 0 Å². The molecule has 0 aromatic rings. The van der Waals surface area contributed by atoms with Gasteiger partial charge in [0.05, 0.1) is 0 Å². The Balaban J connectivity index is 3.62. The van der Waals surface area contributed by atoms with Crippen LogP contribution >= 0.6 is 15.9 Å². The number of halogens is 1. The standard InChI is InChI=1S/C4H9Br/c1-4(2)3-5/h4H,3H2,1-2H3/i1D3/t4-/m0/s1. The highest BCUT2D eigenvalue weighted by atomic mass is 79.9. The number of alkyl halides is 1. The van der Waals surface area contributed by atoms with Crippen LogP contribution < -0.4 is 0 Å². The van der Waals surface area contributed by atoms with Gasteiger partial charge in [-0.2, -0.15) is 0 Å². The molecule has 0 amide bonds. The van der Waals surface area contributed by atoms with Crippen molar-refractivity contribution in [2.45, 2.75) is 13.8 Å². The zero-order valence-corrected chi connectivity index (χ0v) is 4.75. The number of hydrogen-bond donors (Lipinski definition) is 0. The maximum absolute atomic E-state index is 6.84. The van der Waals surface area contributed by atoms with E-state index in [2.05, 4.69) is 15.9 Å². The minimum Gasteiger partial charge on any atom is -0.0925 e. The van der Waals surface area contributed by atoms with Gasteiger partial charge in [-0.05, 0) is 5.92 Å². The molecule has 5 heavy (non-hydrogen) atoms. The summed E-state index contributed by atoms with van der Waals surface area (Å²) in [6.45, 7) is -0.0920. The van der Waals surface area contributed by atoms with E-state index in [1.807, 2.05) is 0 Å². The Morgan fingerprint density at radius 2 is 2.80 bits per heavy atom. The first-order valence-electron chi connectivity index (χ1n) is 3.04. The van der Waals surface area contributed by atoms with E-state index in [9.17, 15) is 0 Å². The molecule has 0 saturated heterocycles. The van der Waals surface area contributed by atoms with Gasteiger partial charge < -0.3 is 0 Å². The second kappa shape index (κ2) is 2.70. The van der Waals surface area contributed by atoms with Crippen LogP contribution in [0.1, 0.15) is 17.9 Å². The summed E-state index contributed by atoms with van der Waals surface area (Å²) in [5.41, 5.74) is 0. The van der Waals surface area contributed by atoms with Crippen LogP contribution in [-0.4, -0.2) is 5.33 Å². The summed E-state index contributed by atoms with van der Waals surface area (Å²) in [5, 5.41) is 0.545. The molecule has 0 aliphatic heterocycles. The molecule has 0 aliphatic rings. The number of rotatable bonds is 1. The van der Waals surface area contributed by atoms with Crippen LogP contribution in [0.15, 0.2) is 0 Å². The molecule has 1 atom stereocenters. The normalized spacial score (nSPS) is 26.4. The van der Waals surface area contributed by atoms with Crippen LogP contribution in [0.3, 0.4) is 0 Å². The number of hydrogen-bond acceptors (Lipinski definition) is 0. The molecule has 0 N–H and O–H groups in total. The van der Waals surface area contributed by atoms with Crippen molar-refractivity contribution in [3.05, 3.63) is 0 Å². The SMILES string of the molecule is [2H]C([2H])([2H])[C@@H](C)CBr. The monoisotopic (exact) mass is 139 g/mol. The summed E-state index contributed by atoms with van der Waals surface area (Å²) in [6, 6.07) is 0. The topological polar surface area (TPSA) is 0 Å². The molecule has 0 fully saturated rings. The molecule has 0 radical (unpaired) electrons. The van der Waals surface area contributed by atoms with E-state index in [-0.39, 0.29) is 5.92 Å². The molecule has 32 valence electrons. The van der Waals surface area contributed by atoms with Crippen molar-refractivity contribution in [1.29, 1.82) is 0 Å². The molecule has 0 rings (SSSR count). The summed E-state index contributed by atoms with van der Waals surface area (Å²) < 4.78 is 20.5. The van der Waals surface area contributed by atoms with Gasteiger partial charge in [0, 0.05) is 9.44 Å². The van der Waals surface area contributed by atoms with Crippen LogP contribution in [0.25, 0.3) is 0 Å². The summed E-state index contributed by atoms with van der Waals surface area (Å²) in [6.07, 6.45) is 0. The average Bonchev–Trinajstić information content (AvgIpc) is 1.62. The zero-order chi connectivity index (χ0) is 6.78. The van der Waals surface area contributed by atoms with Gasteiger partial charge in [0.25, 0.3) is 0 Å². The fraction of sp³-hybridized carbons (Fsp3) is 1.00. The van der Waals surface area contributed by atoms with E-state index >= 15 is 0 Å². The van der Waals surface area contributed by atoms with Gasteiger partial charge in [-0.15, -0.1) is 0 Å². The Morgan fingerprint density at radius 3 is 2.80 bits per heavy atom. The second-order valence-corrected chi connectivity index (χ2v) is 1.70. The first-order chi connectivity index (χ1) is 3.48. The first-order valence-corrected chi connectivity index (χ1v) is 2.66. The van der Waals surface area contributed by atoms with Gasteiger partial charge >= 0.3 is 0 Å². The Morgan fingerprint density at radius 1 is 2.20 bits per heavy atom. The molecule has 1 heteroatoms. The molecule has 0 saturated carbocycles. The third-order valence-corrected chi connectivity index (χ3v) is 1.20. The van der Waals surface area contributed by atoms with Crippen molar-refractivity contribution >= 4 is 15.9 Å². The molecule has 0 aromatic carbocycles. The Bertz CT molecular complexity index is 68.2. The van der Waals surface area contributed by atoms with E-state index in [0.717, 1.165) is 0 Å². The predicted octanol–water partition coefficient (Wildman–Crippen LogP) is 2.04. The first kappa shape index (κ1) is 1.97. The summed E-state index contributed by atoms with van der Waals surface area (Å²) >= 11 is 3.09. The lowest BCUT2D eigenvalue weighted by atomic mass is 10.3. The van der Waals surface area contributed by atoms with Crippen molar-refractivity contribution in [3.63, 3.8) is 0 Å². The minimum atomic E-state index is -1.79. The predicted molar refractivity (Wildman–Crippen MR) is 28.6 cm³/mol. The molecule has 0 aliphatic carbocycles. The highest BCUT2D eigenvalue weighted by Crippen LogP contribution is 1.94. The Hall–Kier alpha value is 0.480. The van der Waals surface area contributed by atoms with E-state index in [4.69, 9.17) is 4.11 Å². The quantitative estimate of drug-likeness (QED) is 0.489. The van der Waals surface area contributed by atoms with Crippen LogP contribution in [0, 0.1) is 5.92 Å². The molecular weight excluding hydrogens is 128 g/mol.